The Balaban J connectivity index is 1.45. The molecule has 2 aromatic heterocycles. The second kappa shape index (κ2) is 9.68. The van der Waals surface area contributed by atoms with Gasteiger partial charge >= 0.3 is 0 Å². The molecule has 2 aliphatic rings. The molecule has 0 radical (unpaired) electrons. The Bertz CT molecular complexity index is 1260. The van der Waals surface area contributed by atoms with Crippen LogP contribution in [0.3, 0.4) is 0 Å². The van der Waals surface area contributed by atoms with Crippen molar-refractivity contribution in [2.45, 2.75) is 58.9 Å². The zero-order chi connectivity index (χ0) is 24.5. The standard InChI is InChI=1S/C27H33N5O3/c1-4-18-7-8-22(35-14-19-5-6-19)21(13-18)24-26-25(29-15-28-24)23(16(2)30-26)27(34)31-20-9-11-32(12-10-20)17(3)33/h7-8,13,15,19-20,30H,4-6,9-12,14H2,1-3H3,(H,31,34). The maximum atomic E-state index is 13.3. The first kappa shape index (κ1) is 23.3. The lowest BCUT2D eigenvalue weighted by Crippen LogP contribution is -2.46. The van der Waals surface area contributed by atoms with Crippen LogP contribution in [0.25, 0.3) is 22.3 Å². The van der Waals surface area contributed by atoms with Gasteiger partial charge in [-0.25, -0.2) is 9.97 Å². The number of H-pyrrole nitrogens is 1. The number of amides is 2. The number of piperidine rings is 1. The number of aromatic amines is 1. The second-order valence-electron chi connectivity index (χ2n) is 9.76. The SMILES string of the molecule is CCc1ccc(OCC2CC2)c(-c2ncnc3c(C(=O)NC4CCN(C(C)=O)CC4)c(C)[nH]c23)c1. The van der Waals surface area contributed by atoms with Gasteiger partial charge in [0.05, 0.1) is 17.7 Å². The van der Waals surface area contributed by atoms with Gasteiger partial charge in [0.1, 0.15) is 23.3 Å². The average molecular weight is 476 g/mol. The predicted molar refractivity (Wildman–Crippen MR) is 134 cm³/mol. The van der Waals surface area contributed by atoms with Crippen molar-refractivity contribution in [1.29, 1.82) is 0 Å². The van der Waals surface area contributed by atoms with Crippen LogP contribution in [0.15, 0.2) is 24.5 Å². The number of aryl methyl sites for hydroxylation is 2. The molecule has 0 spiro atoms. The Morgan fingerprint density at radius 3 is 2.63 bits per heavy atom. The van der Waals surface area contributed by atoms with E-state index in [4.69, 9.17) is 4.74 Å². The smallest absolute Gasteiger partial charge is 0.255 e. The zero-order valence-electron chi connectivity index (χ0n) is 20.7. The van der Waals surface area contributed by atoms with Crippen LogP contribution in [0.2, 0.25) is 0 Å². The van der Waals surface area contributed by atoms with E-state index in [1.165, 1.54) is 24.7 Å². The lowest BCUT2D eigenvalue weighted by molar-refractivity contribution is -0.129. The molecule has 0 unspecified atom stereocenters. The van der Waals surface area contributed by atoms with Crippen LogP contribution in [0.5, 0.6) is 5.75 Å². The minimum Gasteiger partial charge on any atom is -0.493 e. The monoisotopic (exact) mass is 475 g/mol. The van der Waals surface area contributed by atoms with Crippen LogP contribution >= 0.6 is 0 Å². The minimum atomic E-state index is -0.146. The van der Waals surface area contributed by atoms with Gasteiger partial charge in [0.15, 0.2) is 0 Å². The summed E-state index contributed by atoms with van der Waals surface area (Å²) in [5.41, 5.74) is 5.52. The molecule has 184 valence electrons. The Morgan fingerprint density at radius 1 is 1.17 bits per heavy atom. The number of likely N-dealkylation sites (tertiary alicyclic amines) is 1. The van der Waals surface area contributed by atoms with E-state index in [9.17, 15) is 9.59 Å². The maximum Gasteiger partial charge on any atom is 0.255 e. The number of carbonyl (C=O) groups is 2. The molecule has 1 saturated heterocycles. The number of rotatable bonds is 7. The highest BCUT2D eigenvalue weighted by Crippen LogP contribution is 2.37. The van der Waals surface area contributed by atoms with Gasteiger partial charge in [0, 0.05) is 37.3 Å². The van der Waals surface area contributed by atoms with Gasteiger partial charge in [-0.2, -0.15) is 0 Å². The quantitative estimate of drug-likeness (QED) is 0.538. The molecular formula is C27H33N5O3. The summed E-state index contributed by atoms with van der Waals surface area (Å²) in [4.78, 5) is 39.3. The van der Waals surface area contributed by atoms with Crippen LogP contribution < -0.4 is 10.1 Å². The molecule has 3 aromatic rings. The highest BCUT2D eigenvalue weighted by atomic mass is 16.5. The Labute approximate surface area is 205 Å². The van der Waals surface area contributed by atoms with Crippen molar-refractivity contribution in [3.05, 3.63) is 41.3 Å². The summed E-state index contributed by atoms with van der Waals surface area (Å²) in [6.45, 7) is 7.65. The van der Waals surface area contributed by atoms with Crippen LogP contribution in [0.4, 0.5) is 0 Å². The number of fused-ring (bicyclic) bond motifs is 1. The first-order valence-corrected chi connectivity index (χ1v) is 12.6. The zero-order valence-corrected chi connectivity index (χ0v) is 20.7. The lowest BCUT2D eigenvalue weighted by Gasteiger charge is -2.31. The molecule has 3 heterocycles. The summed E-state index contributed by atoms with van der Waals surface area (Å²) in [7, 11) is 0. The fourth-order valence-electron chi connectivity index (χ4n) is 4.80. The van der Waals surface area contributed by atoms with E-state index in [1.54, 1.807) is 6.92 Å². The third-order valence-electron chi connectivity index (χ3n) is 7.15. The molecule has 2 N–H and O–H groups in total. The summed E-state index contributed by atoms with van der Waals surface area (Å²) in [6.07, 6.45) is 6.38. The highest BCUT2D eigenvalue weighted by molar-refractivity contribution is 6.09. The molecule has 0 atom stereocenters. The number of hydrogen-bond donors (Lipinski definition) is 2. The Kier molecular flexibility index (Phi) is 6.45. The fourth-order valence-corrected chi connectivity index (χ4v) is 4.80. The summed E-state index contributed by atoms with van der Waals surface area (Å²) in [5, 5.41) is 3.16. The van der Waals surface area contributed by atoms with E-state index >= 15 is 0 Å². The Morgan fingerprint density at radius 2 is 1.94 bits per heavy atom. The molecule has 35 heavy (non-hydrogen) atoms. The molecule has 2 amide bonds. The van der Waals surface area contributed by atoms with E-state index in [0.717, 1.165) is 47.5 Å². The van der Waals surface area contributed by atoms with E-state index in [-0.39, 0.29) is 17.9 Å². The van der Waals surface area contributed by atoms with Crippen LogP contribution in [-0.2, 0) is 11.2 Å². The number of carbonyl (C=O) groups excluding carboxylic acids is 2. The summed E-state index contributed by atoms with van der Waals surface area (Å²) < 4.78 is 6.19. The van der Waals surface area contributed by atoms with Crippen molar-refractivity contribution < 1.29 is 14.3 Å². The molecule has 1 aromatic carbocycles. The first-order valence-electron chi connectivity index (χ1n) is 12.6. The van der Waals surface area contributed by atoms with Crippen LogP contribution in [0.1, 0.15) is 61.1 Å². The third-order valence-corrected chi connectivity index (χ3v) is 7.15. The van der Waals surface area contributed by atoms with Gasteiger partial charge in [0.2, 0.25) is 5.91 Å². The van der Waals surface area contributed by atoms with E-state index in [2.05, 4.69) is 39.3 Å². The minimum absolute atomic E-state index is 0.0346. The number of hydrogen-bond acceptors (Lipinski definition) is 5. The van der Waals surface area contributed by atoms with Crippen molar-refractivity contribution in [3.8, 4) is 17.0 Å². The normalized spacial score (nSPS) is 16.5. The van der Waals surface area contributed by atoms with Crippen molar-refractivity contribution >= 4 is 22.8 Å². The predicted octanol–water partition coefficient (Wildman–Crippen LogP) is 4.03. The largest absolute Gasteiger partial charge is 0.493 e. The number of benzene rings is 1. The lowest BCUT2D eigenvalue weighted by atomic mass is 10.0. The molecule has 8 nitrogen and oxygen atoms in total. The molecular weight excluding hydrogens is 442 g/mol. The fraction of sp³-hybridized carbons (Fsp3) is 0.481. The number of nitrogens with zero attached hydrogens (tertiary/aromatic N) is 3. The molecule has 1 aliphatic heterocycles. The van der Waals surface area contributed by atoms with Crippen molar-refractivity contribution in [2.75, 3.05) is 19.7 Å². The number of nitrogens with one attached hydrogen (secondary N) is 2. The Hall–Kier alpha value is -3.42. The summed E-state index contributed by atoms with van der Waals surface area (Å²) in [5.74, 6) is 1.39. The van der Waals surface area contributed by atoms with E-state index in [0.29, 0.717) is 36.7 Å². The molecule has 5 rings (SSSR count). The molecule has 1 saturated carbocycles. The molecule has 1 aliphatic carbocycles. The van der Waals surface area contributed by atoms with Crippen molar-refractivity contribution in [1.82, 2.24) is 25.2 Å². The van der Waals surface area contributed by atoms with Crippen LogP contribution in [0, 0.1) is 12.8 Å². The van der Waals surface area contributed by atoms with Gasteiger partial charge in [-0.05, 0) is 62.6 Å². The first-order chi connectivity index (χ1) is 16.9. The van der Waals surface area contributed by atoms with Gasteiger partial charge in [0.25, 0.3) is 5.91 Å². The highest BCUT2D eigenvalue weighted by Gasteiger charge is 2.27. The average Bonchev–Trinajstić information content (AvgIpc) is 3.62. The third kappa shape index (κ3) is 4.88. The summed E-state index contributed by atoms with van der Waals surface area (Å²) >= 11 is 0. The van der Waals surface area contributed by atoms with Gasteiger partial charge < -0.3 is 19.9 Å². The van der Waals surface area contributed by atoms with Gasteiger partial charge in [-0.15, -0.1) is 0 Å². The summed E-state index contributed by atoms with van der Waals surface area (Å²) in [6, 6.07) is 6.29. The number of aromatic nitrogens is 3. The second-order valence-corrected chi connectivity index (χ2v) is 9.76. The molecule has 8 heteroatoms. The van der Waals surface area contributed by atoms with Crippen LogP contribution in [-0.4, -0.2) is 57.4 Å². The van der Waals surface area contributed by atoms with E-state index < -0.39 is 0 Å². The molecule has 0 bridgehead atoms. The van der Waals surface area contributed by atoms with Gasteiger partial charge in [-0.1, -0.05) is 13.0 Å². The maximum absolute atomic E-state index is 13.3. The molecule has 2 fully saturated rings. The van der Waals surface area contributed by atoms with Gasteiger partial charge in [-0.3, -0.25) is 9.59 Å². The van der Waals surface area contributed by atoms with Crippen molar-refractivity contribution in [2.24, 2.45) is 5.92 Å². The number of ether oxygens (including phenoxy) is 1. The topological polar surface area (TPSA) is 100 Å². The van der Waals surface area contributed by atoms with E-state index in [1.807, 2.05) is 17.9 Å². The van der Waals surface area contributed by atoms with Crippen molar-refractivity contribution in [3.63, 3.8) is 0 Å².